The lowest BCUT2D eigenvalue weighted by atomic mass is 10.1. The van der Waals surface area contributed by atoms with Gasteiger partial charge in [-0.3, -0.25) is 0 Å². The van der Waals surface area contributed by atoms with Gasteiger partial charge in [-0.05, 0) is 29.4 Å². The molecule has 0 bridgehead atoms. The van der Waals surface area contributed by atoms with Crippen molar-refractivity contribution in [2.45, 2.75) is 0 Å². The number of ether oxygens (including phenoxy) is 2. The summed E-state index contributed by atoms with van der Waals surface area (Å²) >= 11 is 1.46. The predicted molar refractivity (Wildman–Crippen MR) is 95.8 cm³/mol. The lowest BCUT2D eigenvalue weighted by Gasteiger charge is -2.10. The predicted octanol–water partition coefficient (Wildman–Crippen LogP) is 4.97. The van der Waals surface area contributed by atoms with Crippen LogP contribution in [0.15, 0.2) is 53.0 Å². The summed E-state index contributed by atoms with van der Waals surface area (Å²) in [4.78, 5) is 15.2. The number of thiazole rings is 1. The lowest BCUT2D eigenvalue weighted by Crippen LogP contribution is -1.95. The summed E-state index contributed by atoms with van der Waals surface area (Å²) in [5, 5.41) is 8.81. The highest BCUT2D eigenvalue weighted by molar-refractivity contribution is 7.14. The minimum absolute atomic E-state index is 0.379. The molecule has 0 fully saturated rings. The molecule has 0 saturated heterocycles. The summed E-state index contributed by atoms with van der Waals surface area (Å²) < 4.78 is 10.6. The zero-order valence-corrected chi connectivity index (χ0v) is 14.0. The molecule has 1 N–H and O–H groups in total. The standard InChI is InChI=1S/C17H15N3O3S/c1-22-13-6-7-16(23-2)14(9-13)18-17-19-15(10-24-17)11-4-3-5-12(8-11)20-21/h3-10H,1-2H3,(H,18,19). The second kappa shape index (κ2) is 7.10. The number of benzene rings is 2. The number of nitroso groups, excluding NO2 is 1. The average molecular weight is 341 g/mol. The number of hydrogen-bond donors (Lipinski definition) is 1. The molecule has 0 unspecified atom stereocenters. The summed E-state index contributed by atoms with van der Waals surface area (Å²) in [5.74, 6) is 1.42. The smallest absolute Gasteiger partial charge is 0.187 e. The van der Waals surface area contributed by atoms with Crippen molar-refractivity contribution in [3.05, 3.63) is 52.8 Å². The molecule has 0 spiro atoms. The Bertz CT molecular complexity index is 864. The summed E-state index contributed by atoms with van der Waals surface area (Å²) in [6, 6.07) is 12.5. The molecule has 24 heavy (non-hydrogen) atoms. The van der Waals surface area contributed by atoms with Gasteiger partial charge in [0.2, 0.25) is 0 Å². The molecular weight excluding hydrogens is 326 g/mol. The van der Waals surface area contributed by atoms with Crippen molar-refractivity contribution in [1.82, 2.24) is 4.98 Å². The monoisotopic (exact) mass is 341 g/mol. The fourth-order valence-electron chi connectivity index (χ4n) is 2.21. The Kier molecular flexibility index (Phi) is 4.72. The highest BCUT2D eigenvalue weighted by atomic mass is 32.1. The molecule has 0 amide bonds. The zero-order valence-electron chi connectivity index (χ0n) is 13.1. The van der Waals surface area contributed by atoms with E-state index in [0.717, 1.165) is 22.7 Å². The maximum absolute atomic E-state index is 10.7. The third-order valence-corrected chi connectivity index (χ3v) is 4.16. The largest absolute Gasteiger partial charge is 0.497 e. The molecule has 0 aliphatic rings. The first kappa shape index (κ1) is 15.9. The van der Waals surface area contributed by atoms with Gasteiger partial charge in [-0.25, -0.2) is 4.98 Å². The molecule has 3 rings (SSSR count). The number of nitrogens with zero attached hydrogens (tertiary/aromatic N) is 2. The van der Waals surface area contributed by atoms with Crippen LogP contribution < -0.4 is 14.8 Å². The number of rotatable bonds is 6. The molecule has 3 aromatic rings. The molecule has 1 aromatic heterocycles. The molecule has 0 aliphatic carbocycles. The first-order valence-electron chi connectivity index (χ1n) is 7.12. The van der Waals surface area contributed by atoms with E-state index in [1.165, 1.54) is 11.3 Å². The Labute approximate surface area is 143 Å². The number of hydrogen-bond acceptors (Lipinski definition) is 7. The summed E-state index contributed by atoms with van der Waals surface area (Å²) in [6.07, 6.45) is 0. The Balaban J connectivity index is 1.87. The van der Waals surface area contributed by atoms with E-state index in [2.05, 4.69) is 15.5 Å². The van der Waals surface area contributed by atoms with Gasteiger partial charge in [0.05, 0.1) is 25.6 Å². The van der Waals surface area contributed by atoms with Crippen LogP contribution in [0.4, 0.5) is 16.5 Å². The first-order chi connectivity index (χ1) is 11.7. The van der Waals surface area contributed by atoms with E-state index in [1.807, 2.05) is 29.6 Å². The zero-order chi connectivity index (χ0) is 16.9. The van der Waals surface area contributed by atoms with Gasteiger partial charge in [-0.2, -0.15) is 0 Å². The topological polar surface area (TPSA) is 72.8 Å². The van der Waals surface area contributed by atoms with Crippen molar-refractivity contribution in [2.75, 3.05) is 19.5 Å². The highest BCUT2D eigenvalue weighted by Gasteiger charge is 2.09. The van der Waals surface area contributed by atoms with Crippen LogP contribution in [0.1, 0.15) is 0 Å². The van der Waals surface area contributed by atoms with E-state index in [-0.39, 0.29) is 0 Å². The van der Waals surface area contributed by atoms with Gasteiger partial charge in [0, 0.05) is 17.0 Å². The van der Waals surface area contributed by atoms with E-state index in [9.17, 15) is 4.91 Å². The van der Waals surface area contributed by atoms with E-state index in [1.54, 1.807) is 32.4 Å². The minimum atomic E-state index is 0.379. The average Bonchev–Trinajstić information content (AvgIpc) is 3.10. The van der Waals surface area contributed by atoms with Crippen LogP contribution in [-0.4, -0.2) is 19.2 Å². The van der Waals surface area contributed by atoms with Gasteiger partial charge in [0.25, 0.3) is 0 Å². The van der Waals surface area contributed by atoms with E-state index < -0.39 is 0 Å². The molecule has 0 aliphatic heterocycles. The van der Waals surface area contributed by atoms with E-state index in [4.69, 9.17) is 9.47 Å². The molecule has 0 saturated carbocycles. The fourth-order valence-corrected chi connectivity index (χ4v) is 2.94. The van der Waals surface area contributed by atoms with Crippen molar-refractivity contribution in [3.8, 4) is 22.8 Å². The molecular formula is C17H15N3O3S. The van der Waals surface area contributed by atoms with E-state index in [0.29, 0.717) is 16.6 Å². The Hall–Kier alpha value is -2.93. The maximum Gasteiger partial charge on any atom is 0.187 e. The third-order valence-electron chi connectivity index (χ3n) is 3.40. The Morgan fingerprint density at radius 1 is 1.12 bits per heavy atom. The number of methoxy groups -OCH3 is 2. The van der Waals surface area contributed by atoms with Crippen molar-refractivity contribution in [2.24, 2.45) is 5.18 Å². The second-order valence-electron chi connectivity index (χ2n) is 4.87. The Morgan fingerprint density at radius 3 is 2.75 bits per heavy atom. The van der Waals surface area contributed by atoms with Crippen molar-refractivity contribution in [1.29, 1.82) is 0 Å². The normalized spacial score (nSPS) is 10.2. The molecule has 7 heteroatoms. The van der Waals surface area contributed by atoms with Gasteiger partial charge in [0.1, 0.15) is 17.2 Å². The van der Waals surface area contributed by atoms with E-state index >= 15 is 0 Å². The van der Waals surface area contributed by atoms with Gasteiger partial charge < -0.3 is 14.8 Å². The van der Waals surface area contributed by atoms with Crippen LogP contribution in [0.2, 0.25) is 0 Å². The van der Waals surface area contributed by atoms with Crippen molar-refractivity contribution >= 4 is 27.8 Å². The van der Waals surface area contributed by atoms with Crippen LogP contribution in [0.5, 0.6) is 11.5 Å². The number of aromatic nitrogens is 1. The minimum Gasteiger partial charge on any atom is -0.497 e. The SMILES string of the molecule is COc1ccc(OC)c(Nc2nc(-c3cccc(N=O)c3)cs2)c1. The maximum atomic E-state index is 10.7. The number of nitrogens with one attached hydrogen (secondary N) is 1. The van der Waals surface area contributed by atoms with Gasteiger partial charge in [-0.15, -0.1) is 16.2 Å². The Morgan fingerprint density at radius 2 is 2.00 bits per heavy atom. The van der Waals surface area contributed by atoms with Gasteiger partial charge in [0.15, 0.2) is 5.13 Å². The van der Waals surface area contributed by atoms with Crippen molar-refractivity contribution in [3.63, 3.8) is 0 Å². The second-order valence-corrected chi connectivity index (χ2v) is 5.73. The fraction of sp³-hybridized carbons (Fsp3) is 0.118. The van der Waals surface area contributed by atoms with Crippen LogP contribution in [-0.2, 0) is 0 Å². The first-order valence-corrected chi connectivity index (χ1v) is 8.00. The van der Waals surface area contributed by atoms with Crippen LogP contribution in [0.25, 0.3) is 11.3 Å². The van der Waals surface area contributed by atoms with Crippen molar-refractivity contribution < 1.29 is 9.47 Å². The molecule has 6 nitrogen and oxygen atoms in total. The molecule has 0 atom stereocenters. The summed E-state index contributed by atoms with van der Waals surface area (Å²) in [7, 11) is 3.22. The molecule has 1 heterocycles. The van der Waals surface area contributed by atoms with Crippen LogP contribution >= 0.6 is 11.3 Å². The third kappa shape index (κ3) is 3.36. The quantitative estimate of drug-likeness (QED) is 0.641. The molecule has 2 aromatic carbocycles. The summed E-state index contributed by atoms with van der Waals surface area (Å²) in [6.45, 7) is 0. The molecule has 0 radical (unpaired) electrons. The van der Waals surface area contributed by atoms with Crippen LogP contribution in [0.3, 0.4) is 0 Å². The lowest BCUT2D eigenvalue weighted by molar-refractivity contribution is 0.405. The summed E-state index contributed by atoms with van der Waals surface area (Å²) in [5.41, 5.74) is 2.76. The van der Waals surface area contributed by atoms with Gasteiger partial charge in [-0.1, -0.05) is 12.1 Å². The number of anilines is 2. The van der Waals surface area contributed by atoms with Gasteiger partial charge >= 0.3 is 0 Å². The molecule has 122 valence electrons. The highest BCUT2D eigenvalue weighted by Crippen LogP contribution is 2.34. The van der Waals surface area contributed by atoms with Crippen LogP contribution in [0, 0.1) is 4.91 Å².